The van der Waals surface area contributed by atoms with Gasteiger partial charge in [-0.25, -0.2) is 0 Å². The Hall–Kier alpha value is -4.78. The van der Waals surface area contributed by atoms with Gasteiger partial charge >= 0.3 is 0 Å². The molecule has 0 fully saturated rings. The normalized spacial score (nSPS) is 11.4. The Labute approximate surface area is 200 Å². The van der Waals surface area contributed by atoms with E-state index in [1.807, 2.05) is 97.4 Å². The van der Waals surface area contributed by atoms with E-state index in [0.29, 0.717) is 22.3 Å². The molecule has 0 bridgehead atoms. The molecule has 6 aromatic rings. The summed E-state index contributed by atoms with van der Waals surface area (Å²) in [6, 6.07) is 24.7. The fourth-order valence-electron chi connectivity index (χ4n) is 4.53. The van der Waals surface area contributed by atoms with Gasteiger partial charge in [0.25, 0.3) is 11.5 Å². The van der Waals surface area contributed by atoms with Crippen LogP contribution in [0.2, 0.25) is 0 Å². The minimum absolute atomic E-state index is 0.171. The number of rotatable bonds is 3. The molecule has 1 N–H and O–H groups in total. The number of hydrogen-bond acceptors (Lipinski definition) is 4. The van der Waals surface area contributed by atoms with Gasteiger partial charge in [0.05, 0.1) is 23.1 Å². The van der Waals surface area contributed by atoms with Crippen LogP contribution in [0.4, 0.5) is 5.69 Å². The van der Waals surface area contributed by atoms with Crippen molar-refractivity contribution < 1.29 is 4.79 Å². The fourth-order valence-corrected chi connectivity index (χ4v) is 4.53. The third-order valence-corrected chi connectivity index (χ3v) is 6.28. The molecule has 7 nitrogen and oxygen atoms in total. The number of hydrogen-bond donors (Lipinski definition) is 1. The first-order valence-corrected chi connectivity index (χ1v) is 11.2. The summed E-state index contributed by atoms with van der Waals surface area (Å²) >= 11 is 0. The number of nitrogens with zero attached hydrogens (tertiary/aromatic N) is 4. The van der Waals surface area contributed by atoms with E-state index in [1.54, 1.807) is 6.20 Å². The lowest BCUT2D eigenvalue weighted by molar-refractivity contribution is 0.102. The van der Waals surface area contributed by atoms with Crippen LogP contribution in [0.3, 0.4) is 0 Å². The molecule has 0 unspecified atom stereocenters. The second-order valence-electron chi connectivity index (χ2n) is 8.57. The molecule has 7 heteroatoms. The number of aromatic nitrogens is 4. The number of carbonyl (C=O) groups is 1. The maximum Gasteiger partial charge on any atom is 0.296 e. The Morgan fingerprint density at radius 3 is 2.51 bits per heavy atom. The van der Waals surface area contributed by atoms with Crippen molar-refractivity contribution in [1.82, 2.24) is 19.3 Å². The molecule has 0 aliphatic carbocycles. The van der Waals surface area contributed by atoms with E-state index in [9.17, 15) is 9.59 Å². The van der Waals surface area contributed by atoms with E-state index >= 15 is 0 Å². The fraction of sp³-hybridized carbons (Fsp3) is 0.0714. The van der Waals surface area contributed by atoms with Crippen LogP contribution in [-0.4, -0.2) is 25.2 Å². The number of aryl methyl sites for hydroxylation is 2. The number of para-hydroxylation sites is 2. The molecule has 0 atom stereocenters. The monoisotopic (exact) mass is 459 g/mol. The Morgan fingerprint density at radius 2 is 1.69 bits per heavy atom. The first-order chi connectivity index (χ1) is 17.0. The highest BCUT2D eigenvalue weighted by Gasteiger charge is 2.23. The minimum atomic E-state index is -0.413. The average molecular weight is 460 g/mol. The highest BCUT2D eigenvalue weighted by Crippen LogP contribution is 2.29. The van der Waals surface area contributed by atoms with E-state index in [-0.39, 0.29) is 11.3 Å². The predicted octanol–water partition coefficient (Wildman–Crippen LogP) is 4.99. The third-order valence-electron chi connectivity index (χ3n) is 6.28. The minimum Gasteiger partial charge on any atom is -0.339 e. The Balaban J connectivity index is 1.58. The lowest BCUT2D eigenvalue weighted by atomic mass is 10.1. The van der Waals surface area contributed by atoms with Gasteiger partial charge in [0.15, 0.2) is 5.69 Å². The SMILES string of the molecule is Cc1ccc(-n2nc(C(=O)Nc3cnc4ccccc4c3)c3c4ccccc4n(C)c3c2=O)cc1. The number of fused-ring (bicyclic) bond motifs is 4. The first-order valence-electron chi connectivity index (χ1n) is 11.2. The molecule has 1 amide bonds. The molecule has 170 valence electrons. The number of carbonyl (C=O) groups excluding carboxylic acids is 1. The standard InChI is InChI=1S/C28H21N5O2/c1-17-11-13-20(14-12-17)33-28(35)26-24(21-8-4-6-10-23(21)32(26)2)25(31-33)27(34)30-19-15-18-7-3-5-9-22(18)29-16-19/h3-16H,1-2H3,(H,30,34). The van der Waals surface area contributed by atoms with Gasteiger partial charge in [-0.05, 0) is 37.3 Å². The van der Waals surface area contributed by atoms with E-state index in [2.05, 4.69) is 15.4 Å². The molecule has 0 saturated carbocycles. The smallest absolute Gasteiger partial charge is 0.296 e. The number of anilines is 1. The summed E-state index contributed by atoms with van der Waals surface area (Å²) < 4.78 is 3.13. The Bertz CT molecular complexity index is 1830. The van der Waals surface area contributed by atoms with Gasteiger partial charge in [-0.1, -0.05) is 54.1 Å². The van der Waals surface area contributed by atoms with Crippen LogP contribution in [0.5, 0.6) is 0 Å². The molecular formula is C28H21N5O2. The van der Waals surface area contributed by atoms with Crippen molar-refractivity contribution in [3.8, 4) is 5.69 Å². The van der Waals surface area contributed by atoms with Gasteiger partial charge in [0.1, 0.15) is 5.52 Å². The Kier molecular flexibility index (Phi) is 4.70. The van der Waals surface area contributed by atoms with Crippen molar-refractivity contribution in [2.45, 2.75) is 6.92 Å². The van der Waals surface area contributed by atoms with Gasteiger partial charge in [-0.15, -0.1) is 0 Å². The maximum absolute atomic E-state index is 13.6. The predicted molar refractivity (Wildman–Crippen MR) is 138 cm³/mol. The largest absolute Gasteiger partial charge is 0.339 e. The average Bonchev–Trinajstić information content (AvgIpc) is 3.18. The van der Waals surface area contributed by atoms with Crippen LogP contribution in [0.25, 0.3) is 38.4 Å². The summed E-state index contributed by atoms with van der Waals surface area (Å²) in [6.07, 6.45) is 1.62. The summed E-state index contributed by atoms with van der Waals surface area (Å²) in [5.41, 5.74) is 4.21. The number of amides is 1. The second kappa shape index (κ2) is 7.92. The second-order valence-corrected chi connectivity index (χ2v) is 8.57. The van der Waals surface area contributed by atoms with Crippen molar-refractivity contribution in [2.75, 3.05) is 5.32 Å². The van der Waals surface area contributed by atoms with Crippen molar-refractivity contribution in [1.29, 1.82) is 0 Å². The molecule has 3 aromatic heterocycles. The number of benzene rings is 3. The summed E-state index contributed by atoms with van der Waals surface area (Å²) in [7, 11) is 1.83. The van der Waals surface area contributed by atoms with Crippen molar-refractivity contribution >= 4 is 44.3 Å². The van der Waals surface area contributed by atoms with Crippen LogP contribution < -0.4 is 10.9 Å². The highest BCUT2D eigenvalue weighted by atomic mass is 16.2. The molecule has 0 aliphatic heterocycles. The van der Waals surface area contributed by atoms with Crippen LogP contribution in [0.1, 0.15) is 16.1 Å². The number of nitrogens with one attached hydrogen (secondary N) is 1. The lowest BCUT2D eigenvalue weighted by Gasteiger charge is -2.11. The molecule has 0 spiro atoms. The number of pyridine rings is 1. The zero-order valence-corrected chi connectivity index (χ0v) is 19.2. The van der Waals surface area contributed by atoms with Crippen LogP contribution in [-0.2, 0) is 7.05 Å². The highest BCUT2D eigenvalue weighted by molar-refractivity contribution is 6.19. The van der Waals surface area contributed by atoms with Gasteiger partial charge in [0.2, 0.25) is 0 Å². The van der Waals surface area contributed by atoms with Gasteiger partial charge in [0, 0.05) is 28.7 Å². The molecule has 0 saturated heterocycles. The molecule has 6 rings (SSSR count). The van der Waals surface area contributed by atoms with E-state index < -0.39 is 5.91 Å². The summed E-state index contributed by atoms with van der Waals surface area (Å²) in [5.74, 6) is -0.413. The third kappa shape index (κ3) is 3.36. The van der Waals surface area contributed by atoms with E-state index in [0.717, 1.165) is 27.4 Å². The molecule has 0 radical (unpaired) electrons. The van der Waals surface area contributed by atoms with Crippen molar-refractivity contribution in [2.24, 2.45) is 7.05 Å². The zero-order chi connectivity index (χ0) is 24.1. The zero-order valence-electron chi connectivity index (χ0n) is 19.2. The molecular weight excluding hydrogens is 438 g/mol. The Morgan fingerprint density at radius 1 is 0.943 bits per heavy atom. The van der Waals surface area contributed by atoms with Crippen LogP contribution >= 0.6 is 0 Å². The van der Waals surface area contributed by atoms with Crippen LogP contribution in [0, 0.1) is 6.92 Å². The first kappa shape index (κ1) is 20.8. The summed E-state index contributed by atoms with van der Waals surface area (Å²) in [4.78, 5) is 31.7. The van der Waals surface area contributed by atoms with E-state index in [1.165, 1.54) is 4.68 Å². The van der Waals surface area contributed by atoms with Gasteiger partial charge in [-0.2, -0.15) is 9.78 Å². The molecule has 3 heterocycles. The summed E-state index contributed by atoms with van der Waals surface area (Å²) in [6.45, 7) is 1.98. The van der Waals surface area contributed by atoms with E-state index in [4.69, 9.17) is 0 Å². The molecule has 3 aromatic carbocycles. The van der Waals surface area contributed by atoms with Crippen molar-refractivity contribution in [3.63, 3.8) is 0 Å². The molecule has 0 aliphatic rings. The maximum atomic E-state index is 13.6. The topological polar surface area (TPSA) is 81.8 Å². The van der Waals surface area contributed by atoms with Crippen LogP contribution in [0.15, 0.2) is 89.9 Å². The van der Waals surface area contributed by atoms with Crippen molar-refractivity contribution in [3.05, 3.63) is 107 Å². The lowest BCUT2D eigenvalue weighted by Crippen LogP contribution is -2.27. The summed E-state index contributed by atoms with van der Waals surface area (Å²) in [5, 5.41) is 9.76. The van der Waals surface area contributed by atoms with Gasteiger partial charge < -0.3 is 9.88 Å². The molecule has 35 heavy (non-hydrogen) atoms. The van der Waals surface area contributed by atoms with Gasteiger partial charge in [-0.3, -0.25) is 14.6 Å². The quantitative estimate of drug-likeness (QED) is 0.404.